The van der Waals surface area contributed by atoms with Crippen molar-refractivity contribution < 1.29 is 0 Å². The zero-order valence-corrected chi connectivity index (χ0v) is 9.78. The second kappa shape index (κ2) is 7.16. The van der Waals surface area contributed by atoms with Gasteiger partial charge in [-0.05, 0) is 42.8 Å². The number of rotatable bonds is 6. The van der Waals surface area contributed by atoms with Gasteiger partial charge in [0.1, 0.15) is 0 Å². The Morgan fingerprint density at radius 1 is 1.14 bits per heavy atom. The van der Waals surface area contributed by atoms with Gasteiger partial charge in [0.05, 0.1) is 0 Å². The molecule has 14 heavy (non-hydrogen) atoms. The standard InChI is InChI=1S/C11H16ClNS/c12-11-5-3-10(4-6-11)9-14-8-2-1-7-13/h3-6H,1-2,7-9,13H2. The van der Waals surface area contributed by atoms with E-state index in [1.165, 1.54) is 17.7 Å². The first kappa shape index (κ1) is 11.9. The van der Waals surface area contributed by atoms with Crippen molar-refractivity contribution in [1.82, 2.24) is 0 Å². The topological polar surface area (TPSA) is 26.0 Å². The number of unbranched alkanes of at least 4 members (excludes halogenated alkanes) is 1. The van der Waals surface area contributed by atoms with Gasteiger partial charge in [-0.3, -0.25) is 0 Å². The zero-order valence-electron chi connectivity index (χ0n) is 8.21. The molecule has 0 radical (unpaired) electrons. The predicted octanol–water partition coefficient (Wildman–Crippen LogP) is 3.31. The van der Waals surface area contributed by atoms with Crippen LogP contribution in [0.4, 0.5) is 0 Å². The number of halogens is 1. The van der Waals surface area contributed by atoms with Crippen LogP contribution >= 0.6 is 23.4 Å². The molecule has 1 aromatic rings. The second-order valence-corrected chi connectivity index (χ2v) is 4.72. The van der Waals surface area contributed by atoms with Gasteiger partial charge in [0.15, 0.2) is 0 Å². The SMILES string of the molecule is NCCCCSCc1ccc(Cl)cc1. The first-order valence-corrected chi connectivity index (χ1v) is 6.38. The van der Waals surface area contributed by atoms with Crippen molar-refractivity contribution in [2.45, 2.75) is 18.6 Å². The fraction of sp³-hybridized carbons (Fsp3) is 0.455. The summed E-state index contributed by atoms with van der Waals surface area (Å²) in [5.41, 5.74) is 6.75. The van der Waals surface area contributed by atoms with Gasteiger partial charge in [0.2, 0.25) is 0 Å². The van der Waals surface area contributed by atoms with Crippen LogP contribution in [0.3, 0.4) is 0 Å². The first-order valence-electron chi connectivity index (χ1n) is 4.85. The normalized spacial score (nSPS) is 10.4. The monoisotopic (exact) mass is 229 g/mol. The van der Waals surface area contributed by atoms with Gasteiger partial charge in [-0.2, -0.15) is 11.8 Å². The van der Waals surface area contributed by atoms with E-state index in [0.29, 0.717) is 0 Å². The minimum atomic E-state index is 0.807. The molecule has 0 aliphatic rings. The Morgan fingerprint density at radius 3 is 2.50 bits per heavy atom. The summed E-state index contributed by atoms with van der Waals surface area (Å²) in [7, 11) is 0. The molecule has 3 heteroatoms. The van der Waals surface area contributed by atoms with Crippen molar-refractivity contribution in [3.05, 3.63) is 34.9 Å². The maximum atomic E-state index is 5.79. The fourth-order valence-corrected chi connectivity index (χ4v) is 2.23. The highest BCUT2D eigenvalue weighted by atomic mass is 35.5. The summed E-state index contributed by atoms with van der Waals surface area (Å²) in [6.45, 7) is 0.807. The summed E-state index contributed by atoms with van der Waals surface area (Å²) < 4.78 is 0. The minimum Gasteiger partial charge on any atom is -0.330 e. The summed E-state index contributed by atoms with van der Waals surface area (Å²) >= 11 is 7.75. The van der Waals surface area contributed by atoms with E-state index in [2.05, 4.69) is 12.1 Å². The summed E-state index contributed by atoms with van der Waals surface area (Å²) in [4.78, 5) is 0. The molecule has 0 bridgehead atoms. The number of benzene rings is 1. The average Bonchev–Trinajstić information content (AvgIpc) is 2.21. The lowest BCUT2D eigenvalue weighted by molar-refractivity contribution is 0.814. The molecule has 0 saturated heterocycles. The maximum Gasteiger partial charge on any atom is 0.0406 e. The maximum absolute atomic E-state index is 5.79. The van der Waals surface area contributed by atoms with Crippen LogP contribution in [-0.2, 0) is 5.75 Å². The highest BCUT2D eigenvalue weighted by Crippen LogP contribution is 2.16. The Labute approximate surface area is 95.0 Å². The van der Waals surface area contributed by atoms with Crippen molar-refractivity contribution >= 4 is 23.4 Å². The molecule has 0 aliphatic heterocycles. The molecule has 0 atom stereocenters. The van der Waals surface area contributed by atoms with E-state index < -0.39 is 0 Å². The molecule has 0 aromatic heterocycles. The predicted molar refractivity (Wildman–Crippen MR) is 65.9 cm³/mol. The van der Waals surface area contributed by atoms with Crippen LogP contribution in [0, 0.1) is 0 Å². The van der Waals surface area contributed by atoms with Crippen molar-refractivity contribution in [3.8, 4) is 0 Å². The van der Waals surface area contributed by atoms with Gasteiger partial charge >= 0.3 is 0 Å². The van der Waals surface area contributed by atoms with Gasteiger partial charge in [-0.1, -0.05) is 23.7 Å². The molecule has 78 valence electrons. The summed E-state index contributed by atoms with van der Waals surface area (Å²) in [6.07, 6.45) is 2.35. The van der Waals surface area contributed by atoms with Gasteiger partial charge in [0.25, 0.3) is 0 Å². The molecule has 2 N–H and O–H groups in total. The van der Waals surface area contributed by atoms with E-state index in [4.69, 9.17) is 17.3 Å². The summed E-state index contributed by atoms with van der Waals surface area (Å²) in [6, 6.07) is 8.05. The van der Waals surface area contributed by atoms with Gasteiger partial charge in [0, 0.05) is 10.8 Å². The molecule has 0 aliphatic carbocycles. The van der Waals surface area contributed by atoms with Crippen molar-refractivity contribution in [2.24, 2.45) is 5.73 Å². The Hall–Kier alpha value is -0.180. The molecule has 0 saturated carbocycles. The van der Waals surface area contributed by atoms with Crippen LogP contribution in [0.5, 0.6) is 0 Å². The zero-order chi connectivity index (χ0) is 10.2. The largest absolute Gasteiger partial charge is 0.330 e. The van der Waals surface area contributed by atoms with Crippen LogP contribution in [0.25, 0.3) is 0 Å². The van der Waals surface area contributed by atoms with Crippen molar-refractivity contribution in [2.75, 3.05) is 12.3 Å². The Morgan fingerprint density at radius 2 is 1.86 bits per heavy atom. The van der Waals surface area contributed by atoms with Crippen LogP contribution in [0.15, 0.2) is 24.3 Å². The van der Waals surface area contributed by atoms with Crippen LogP contribution < -0.4 is 5.73 Å². The van der Waals surface area contributed by atoms with E-state index in [9.17, 15) is 0 Å². The number of hydrogen-bond donors (Lipinski definition) is 1. The molecule has 1 aromatic carbocycles. The lowest BCUT2D eigenvalue weighted by atomic mass is 10.2. The molecule has 0 amide bonds. The average molecular weight is 230 g/mol. The van der Waals surface area contributed by atoms with Crippen LogP contribution in [0.1, 0.15) is 18.4 Å². The van der Waals surface area contributed by atoms with Gasteiger partial charge in [-0.25, -0.2) is 0 Å². The number of thioether (sulfide) groups is 1. The van der Waals surface area contributed by atoms with E-state index in [1.54, 1.807) is 0 Å². The fourth-order valence-electron chi connectivity index (χ4n) is 1.12. The van der Waals surface area contributed by atoms with E-state index >= 15 is 0 Å². The number of hydrogen-bond acceptors (Lipinski definition) is 2. The molecule has 0 spiro atoms. The van der Waals surface area contributed by atoms with Crippen LogP contribution in [-0.4, -0.2) is 12.3 Å². The van der Waals surface area contributed by atoms with Gasteiger partial charge < -0.3 is 5.73 Å². The van der Waals surface area contributed by atoms with Gasteiger partial charge in [-0.15, -0.1) is 0 Å². The third-order valence-corrected chi connectivity index (χ3v) is 3.29. The highest BCUT2D eigenvalue weighted by molar-refractivity contribution is 7.98. The quantitative estimate of drug-likeness (QED) is 0.758. The Bertz CT molecular complexity index is 248. The van der Waals surface area contributed by atoms with Crippen molar-refractivity contribution in [1.29, 1.82) is 0 Å². The molecule has 1 rings (SSSR count). The highest BCUT2D eigenvalue weighted by Gasteiger charge is 1.93. The smallest absolute Gasteiger partial charge is 0.0406 e. The molecular weight excluding hydrogens is 214 g/mol. The Kier molecular flexibility index (Phi) is 6.08. The molecule has 0 fully saturated rings. The molecular formula is C11H16ClNS. The second-order valence-electron chi connectivity index (χ2n) is 3.17. The summed E-state index contributed by atoms with van der Waals surface area (Å²) in [5.74, 6) is 2.27. The minimum absolute atomic E-state index is 0.807. The molecule has 0 heterocycles. The van der Waals surface area contributed by atoms with E-state index in [0.717, 1.165) is 23.7 Å². The third kappa shape index (κ3) is 4.89. The van der Waals surface area contributed by atoms with E-state index in [-0.39, 0.29) is 0 Å². The third-order valence-electron chi connectivity index (χ3n) is 1.92. The number of nitrogens with two attached hydrogens (primary N) is 1. The summed E-state index contributed by atoms with van der Waals surface area (Å²) in [5, 5.41) is 0.807. The first-order chi connectivity index (χ1) is 6.83. The van der Waals surface area contributed by atoms with Crippen molar-refractivity contribution in [3.63, 3.8) is 0 Å². The van der Waals surface area contributed by atoms with Crippen LogP contribution in [0.2, 0.25) is 5.02 Å². The molecule has 1 nitrogen and oxygen atoms in total. The van der Waals surface area contributed by atoms with E-state index in [1.807, 2.05) is 23.9 Å². The Balaban J connectivity index is 2.15. The lowest BCUT2D eigenvalue weighted by Gasteiger charge is -2.01. The molecule has 0 unspecified atom stereocenters. The lowest BCUT2D eigenvalue weighted by Crippen LogP contribution is -1.98.